The standard InChI is InChI=1S/C14H12Cl3NO/c1-8(9-3-2-4-11(19)5-9)18-14-12(16)6-10(15)7-13(14)17/h2-8,18-19H,1H3. The summed E-state index contributed by atoms with van der Waals surface area (Å²) in [6, 6.07) is 10.2. The molecule has 0 amide bonds. The van der Waals surface area contributed by atoms with E-state index in [1.807, 2.05) is 13.0 Å². The molecule has 0 spiro atoms. The third kappa shape index (κ3) is 3.47. The second kappa shape index (κ2) is 5.91. The van der Waals surface area contributed by atoms with E-state index in [2.05, 4.69) is 5.32 Å². The first kappa shape index (κ1) is 14.3. The van der Waals surface area contributed by atoms with Crippen LogP contribution in [0.2, 0.25) is 15.1 Å². The number of phenols is 1. The van der Waals surface area contributed by atoms with E-state index in [0.717, 1.165) is 5.56 Å². The summed E-state index contributed by atoms with van der Waals surface area (Å²) >= 11 is 18.1. The third-order valence-electron chi connectivity index (χ3n) is 2.74. The van der Waals surface area contributed by atoms with Crippen LogP contribution in [0.1, 0.15) is 18.5 Å². The van der Waals surface area contributed by atoms with Gasteiger partial charge in [0.1, 0.15) is 5.75 Å². The van der Waals surface area contributed by atoms with Gasteiger partial charge in [0.05, 0.1) is 15.7 Å². The van der Waals surface area contributed by atoms with Crippen molar-refractivity contribution in [3.05, 3.63) is 57.0 Å². The summed E-state index contributed by atoms with van der Waals surface area (Å²) in [7, 11) is 0. The van der Waals surface area contributed by atoms with Crippen molar-refractivity contribution in [2.24, 2.45) is 0 Å². The van der Waals surface area contributed by atoms with Crippen LogP contribution in [0.25, 0.3) is 0 Å². The lowest BCUT2D eigenvalue weighted by Crippen LogP contribution is -2.07. The SMILES string of the molecule is CC(Nc1c(Cl)cc(Cl)cc1Cl)c1cccc(O)c1. The molecule has 19 heavy (non-hydrogen) atoms. The van der Waals surface area contributed by atoms with Crippen LogP contribution in [0.3, 0.4) is 0 Å². The highest BCUT2D eigenvalue weighted by atomic mass is 35.5. The van der Waals surface area contributed by atoms with E-state index in [0.29, 0.717) is 20.8 Å². The van der Waals surface area contributed by atoms with E-state index in [1.54, 1.807) is 30.3 Å². The number of nitrogens with one attached hydrogen (secondary N) is 1. The number of hydrogen-bond acceptors (Lipinski definition) is 2. The number of anilines is 1. The molecule has 0 aromatic heterocycles. The maximum Gasteiger partial charge on any atom is 0.115 e. The number of aromatic hydroxyl groups is 1. The maximum atomic E-state index is 9.48. The summed E-state index contributed by atoms with van der Waals surface area (Å²) in [6.45, 7) is 1.95. The monoisotopic (exact) mass is 315 g/mol. The van der Waals surface area contributed by atoms with Gasteiger partial charge in [-0.15, -0.1) is 0 Å². The molecule has 0 heterocycles. The predicted octanol–water partition coefficient (Wildman–Crippen LogP) is 5.53. The van der Waals surface area contributed by atoms with Crippen LogP contribution in [0.5, 0.6) is 5.75 Å². The summed E-state index contributed by atoms with van der Waals surface area (Å²) in [4.78, 5) is 0. The van der Waals surface area contributed by atoms with E-state index < -0.39 is 0 Å². The van der Waals surface area contributed by atoms with E-state index in [4.69, 9.17) is 34.8 Å². The first-order chi connectivity index (χ1) is 8.97. The van der Waals surface area contributed by atoms with Crippen molar-refractivity contribution in [3.8, 4) is 5.75 Å². The van der Waals surface area contributed by atoms with Crippen molar-refractivity contribution in [2.75, 3.05) is 5.32 Å². The van der Waals surface area contributed by atoms with Crippen molar-refractivity contribution in [1.29, 1.82) is 0 Å². The number of halogens is 3. The molecule has 0 aliphatic carbocycles. The van der Waals surface area contributed by atoms with Crippen LogP contribution in [0, 0.1) is 0 Å². The van der Waals surface area contributed by atoms with Crippen molar-refractivity contribution in [2.45, 2.75) is 13.0 Å². The zero-order valence-electron chi connectivity index (χ0n) is 10.1. The van der Waals surface area contributed by atoms with Crippen LogP contribution in [0.15, 0.2) is 36.4 Å². The van der Waals surface area contributed by atoms with Crippen LogP contribution in [0.4, 0.5) is 5.69 Å². The first-order valence-electron chi connectivity index (χ1n) is 5.67. The Morgan fingerprint density at radius 3 is 2.26 bits per heavy atom. The fraction of sp³-hybridized carbons (Fsp3) is 0.143. The van der Waals surface area contributed by atoms with Gasteiger partial charge in [0.2, 0.25) is 0 Å². The van der Waals surface area contributed by atoms with Gasteiger partial charge >= 0.3 is 0 Å². The second-order valence-electron chi connectivity index (χ2n) is 4.21. The van der Waals surface area contributed by atoms with Gasteiger partial charge in [-0.1, -0.05) is 46.9 Å². The molecule has 0 fully saturated rings. The molecule has 0 radical (unpaired) electrons. The average molecular weight is 317 g/mol. The van der Waals surface area contributed by atoms with Gasteiger partial charge < -0.3 is 10.4 Å². The third-order valence-corrected chi connectivity index (χ3v) is 3.55. The molecular weight excluding hydrogens is 305 g/mol. The van der Waals surface area contributed by atoms with Crippen LogP contribution >= 0.6 is 34.8 Å². The Balaban J connectivity index is 2.26. The lowest BCUT2D eigenvalue weighted by molar-refractivity contribution is 0.474. The molecule has 0 saturated carbocycles. The van der Waals surface area contributed by atoms with E-state index >= 15 is 0 Å². The number of benzene rings is 2. The molecule has 5 heteroatoms. The summed E-state index contributed by atoms with van der Waals surface area (Å²) in [5.41, 5.74) is 1.56. The molecule has 2 aromatic carbocycles. The van der Waals surface area contributed by atoms with Crippen LogP contribution < -0.4 is 5.32 Å². The molecule has 100 valence electrons. The summed E-state index contributed by atoms with van der Waals surface area (Å²) in [5.74, 6) is 0.222. The number of phenolic OH excluding ortho intramolecular Hbond substituents is 1. The normalized spacial score (nSPS) is 12.2. The molecular formula is C14H12Cl3NO. The number of rotatable bonds is 3. The average Bonchev–Trinajstić information content (AvgIpc) is 2.33. The molecule has 1 unspecified atom stereocenters. The van der Waals surface area contributed by atoms with Gasteiger partial charge in [0, 0.05) is 11.1 Å². The van der Waals surface area contributed by atoms with Crippen molar-refractivity contribution in [1.82, 2.24) is 0 Å². The highest BCUT2D eigenvalue weighted by molar-refractivity contribution is 6.41. The fourth-order valence-corrected chi connectivity index (χ4v) is 2.70. The van der Waals surface area contributed by atoms with Crippen molar-refractivity contribution >= 4 is 40.5 Å². The Bertz CT molecular complexity index is 578. The lowest BCUT2D eigenvalue weighted by atomic mass is 10.1. The predicted molar refractivity (Wildman–Crippen MR) is 81.6 cm³/mol. The maximum absolute atomic E-state index is 9.48. The Hall–Kier alpha value is -1.09. The Labute approximate surface area is 126 Å². The Morgan fingerprint density at radius 1 is 1.05 bits per heavy atom. The molecule has 1 atom stereocenters. The van der Waals surface area contributed by atoms with E-state index in [-0.39, 0.29) is 11.8 Å². The zero-order valence-corrected chi connectivity index (χ0v) is 12.4. The van der Waals surface area contributed by atoms with Crippen LogP contribution in [-0.4, -0.2) is 5.11 Å². The molecule has 2 nitrogen and oxygen atoms in total. The minimum atomic E-state index is -0.0525. The fourth-order valence-electron chi connectivity index (χ4n) is 1.77. The van der Waals surface area contributed by atoms with Gasteiger partial charge in [0.25, 0.3) is 0 Å². The topological polar surface area (TPSA) is 32.3 Å². The quantitative estimate of drug-likeness (QED) is 0.780. The molecule has 0 aliphatic rings. The van der Waals surface area contributed by atoms with Crippen molar-refractivity contribution < 1.29 is 5.11 Å². The second-order valence-corrected chi connectivity index (χ2v) is 5.46. The Morgan fingerprint density at radius 2 is 1.68 bits per heavy atom. The summed E-state index contributed by atoms with van der Waals surface area (Å²) in [6.07, 6.45) is 0. The summed E-state index contributed by atoms with van der Waals surface area (Å²) in [5, 5.41) is 14.1. The molecule has 0 saturated heterocycles. The highest BCUT2D eigenvalue weighted by Crippen LogP contribution is 2.36. The minimum absolute atomic E-state index is 0.0525. The van der Waals surface area contributed by atoms with Gasteiger partial charge in [-0.3, -0.25) is 0 Å². The van der Waals surface area contributed by atoms with Gasteiger partial charge in [0.15, 0.2) is 0 Å². The van der Waals surface area contributed by atoms with Crippen molar-refractivity contribution in [3.63, 3.8) is 0 Å². The highest BCUT2D eigenvalue weighted by Gasteiger charge is 2.12. The smallest absolute Gasteiger partial charge is 0.115 e. The largest absolute Gasteiger partial charge is 0.508 e. The van der Waals surface area contributed by atoms with Gasteiger partial charge in [-0.25, -0.2) is 0 Å². The zero-order chi connectivity index (χ0) is 14.0. The Kier molecular flexibility index (Phi) is 4.46. The lowest BCUT2D eigenvalue weighted by Gasteiger charge is -2.18. The van der Waals surface area contributed by atoms with Crippen LogP contribution in [-0.2, 0) is 0 Å². The molecule has 2 aromatic rings. The molecule has 2 rings (SSSR count). The van der Waals surface area contributed by atoms with Gasteiger partial charge in [-0.05, 0) is 36.8 Å². The van der Waals surface area contributed by atoms with E-state index in [9.17, 15) is 5.11 Å². The van der Waals surface area contributed by atoms with Gasteiger partial charge in [-0.2, -0.15) is 0 Å². The number of hydrogen-bond donors (Lipinski definition) is 2. The van der Waals surface area contributed by atoms with E-state index in [1.165, 1.54) is 0 Å². The molecule has 0 aliphatic heterocycles. The molecule has 2 N–H and O–H groups in total. The minimum Gasteiger partial charge on any atom is -0.508 e. The molecule has 0 bridgehead atoms. The summed E-state index contributed by atoms with van der Waals surface area (Å²) < 4.78 is 0. The first-order valence-corrected chi connectivity index (χ1v) is 6.81.